The molecule has 0 atom stereocenters. The van der Waals surface area contributed by atoms with E-state index >= 15 is 0 Å². The summed E-state index contributed by atoms with van der Waals surface area (Å²) in [4.78, 5) is 13.7. The molecule has 1 rings (SSSR count). The van der Waals surface area contributed by atoms with Gasteiger partial charge in [0.05, 0.1) is 6.54 Å². The lowest BCUT2D eigenvalue weighted by molar-refractivity contribution is -0.131. The van der Waals surface area contributed by atoms with Crippen LogP contribution < -0.4 is 5.32 Å². The van der Waals surface area contributed by atoms with Crippen LogP contribution in [0.3, 0.4) is 0 Å². The highest BCUT2D eigenvalue weighted by molar-refractivity contribution is 7.86. The Morgan fingerprint density at radius 1 is 1.26 bits per heavy atom. The van der Waals surface area contributed by atoms with Crippen LogP contribution in [0.2, 0.25) is 0 Å². The van der Waals surface area contributed by atoms with Gasteiger partial charge in [-0.15, -0.1) is 0 Å². The number of likely N-dealkylation sites (N-methyl/N-ethyl adjacent to an activating group) is 1. The van der Waals surface area contributed by atoms with Crippen LogP contribution in [0, 0.1) is 0 Å². The molecule has 0 unspecified atom stereocenters. The Morgan fingerprint density at radius 2 is 1.79 bits per heavy atom. The van der Waals surface area contributed by atoms with Crippen molar-refractivity contribution in [1.82, 2.24) is 18.8 Å². The standard InChI is InChI=1S/C11H24N4O3S/c1-10(2)14(4)19(17,18)13(3)9-11(16)15-7-5-12-6-8-15/h10,12H,5-9H2,1-4H3. The normalized spacial score (nSPS) is 17.5. The van der Waals surface area contributed by atoms with E-state index in [-0.39, 0.29) is 18.5 Å². The van der Waals surface area contributed by atoms with Gasteiger partial charge in [0.2, 0.25) is 5.91 Å². The van der Waals surface area contributed by atoms with Crippen LogP contribution in [0.5, 0.6) is 0 Å². The van der Waals surface area contributed by atoms with Crippen molar-refractivity contribution in [3.63, 3.8) is 0 Å². The average molecular weight is 292 g/mol. The lowest BCUT2D eigenvalue weighted by Gasteiger charge is -2.31. The minimum absolute atomic E-state index is 0.112. The van der Waals surface area contributed by atoms with Crippen LogP contribution in [0.25, 0.3) is 0 Å². The van der Waals surface area contributed by atoms with Crippen molar-refractivity contribution in [2.75, 3.05) is 46.8 Å². The van der Waals surface area contributed by atoms with E-state index < -0.39 is 10.2 Å². The van der Waals surface area contributed by atoms with Gasteiger partial charge in [0.15, 0.2) is 0 Å². The summed E-state index contributed by atoms with van der Waals surface area (Å²) in [5.41, 5.74) is 0. The third kappa shape index (κ3) is 4.13. The SMILES string of the molecule is CC(C)N(C)S(=O)(=O)N(C)CC(=O)N1CCNCC1. The molecule has 1 amide bonds. The van der Waals surface area contributed by atoms with Gasteiger partial charge in [0.25, 0.3) is 10.2 Å². The Hall–Kier alpha value is -0.700. The summed E-state index contributed by atoms with van der Waals surface area (Å²) in [6.45, 7) is 6.26. The van der Waals surface area contributed by atoms with Crippen molar-refractivity contribution in [3.05, 3.63) is 0 Å². The minimum Gasteiger partial charge on any atom is -0.339 e. The first-order valence-corrected chi connectivity index (χ1v) is 7.84. The van der Waals surface area contributed by atoms with Crippen molar-refractivity contribution in [2.45, 2.75) is 19.9 Å². The molecular weight excluding hydrogens is 268 g/mol. The van der Waals surface area contributed by atoms with E-state index in [1.54, 1.807) is 18.7 Å². The van der Waals surface area contributed by atoms with E-state index in [9.17, 15) is 13.2 Å². The smallest absolute Gasteiger partial charge is 0.282 e. The number of nitrogens with one attached hydrogen (secondary N) is 1. The fourth-order valence-corrected chi connectivity index (χ4v) is 3.02. The summed E-state index contributed by atoms with van der Waals surface area (Å²) in [5, 5.41) is 3.15. The van der Waals surface area contributed by atoms with Gasteiger partial charge in [-0.3, -0.25) is 4.79 Å². The molecule has 0 saturated carbocycles. The number of rotatable bonds is 5. The van der Waals surface area contributed by atoms with Crippen molar-refractivity contribution in [1.29, 1.82) is 0 Å². The maximum atomic E-state index is 12.2. The van der Waals surface area contributed by atoms with E-state index in [4.69, 9.17) is 0 Å². The molecule has 0 radical (unpaired) electrons. The summed E-state index contributed by atoms with van der Waals surface area (Å²) < 4.78 is 26.7. The molecule has 112 valence electrons. The highest BCUT2D eigenvalue weighted by Gasteiger charge is 2.28. The van der Waals surface area contributed by atoms with Crippen LogP contribution in [0.15, 0.2) is 0 Å². The minimum atomic E-state index is -3.57. The zero-order chi connectivity index (χ0) is 14.6. The molecule has 0 aliphatic carbocycles. The van der Waals surface area contributed by atoms with Crippen LogP contribution in [-0.2, 0) is 15.0 Å². The Bertz CT molecular complexity index is 404. The third-order valence-corrected chi connectivity index (χ3v) is 5.38. The lowest BCUT2D eigenvalue weighted by atomic mass is 10.3. The summed E-state index contributed by atoms with van der Waals surface area (Å²) in [7, 11) is -0.610. The maximum absolute atomic E-state index is 12.2. The topological polar surface area (TPSA) is 73.0 Å². The molecule has 8 heteroatoms. The summed E-state index contributed by atoms with van der Waals surface area (Å²) in [6, 6.07) is -0.137. The first kappa shape index (κ1) is 16.4. The predicted molar refractivity (Wildman–Crippen MR) is 73.9 cm³/mol. The van der Waals surface area contributed by atoms with Crippen LogP contribution in [-0.4, -0.2) is 80.7 Å². The molecule has 0 aromatic heterocycles. The second-order valence-electron chi connectivity index (χ2n) is 5.00. The zero-order valence-corrected chi connectivity index (χ0v) is 12.9. The molecule has 1 aliphatic rings. The second kappa shape index (κ2) is 6.65. The number of piperazine rings is 1. The van der Waals surface area contributed by atoms with Crippen molar-refractivity contribution < 1.29 is 13.2 Å². The van der Waals surface area contributed by atoms with Gasteiger partial charge < -0.3 is 10.2 Å². The summed E-state index contributed by atoms with van der Waals surface area (Å²) in [5.74, 6) is -0.148. The van der Waals surface area contributed by atoms with Crippen LogP contribution >= 0.6 is 0 Å². The molecule has 1 saturated heterocycles. The Kier molecular flexibility index (Phi) is 5.72. The molecule has 0 aromatic carbocycles. The molecule has 1 N–H and O–H groups in total. The fraction of sp³-hybridized carbons (Fsp3) is 0.909. The van der Waals surface area contributed by atoms with E-state index in [0.717, 1.165) is 17.4 Å². The van der Waals surface area contributed by atoms with Gasteiger partial charge in [0, 0.05) is 46.3 Å². The first-order valence-electron chi connectivity index (χ1n) is 6.44. The van der Waals surface area contributed by atoms with Crippen molar-refractivity contribution in [3.8, 4) is 0 Å². The number of carbonyl (C=O) groups excluding carboxylic acids is 1. The third-order valence-electron chi connectivity index (χ3n) is 3.31. The van der Waals surface area contributed by atoms with Crippen LogP contribution in [0.4, 0.5) is 0 Å². The second-order valence-corrected chi connectivity index (χ2v) is 7.10. The van der Waals surface area contributed by atoms with Crippen molar-refractivity contribution >= 4 is 16.1 Å². The largest absolute Gasteiger partial charge is 0.339 e. The Morgan fingerprint density at radius 3 is 2.26 bits per heavy atom. The average Bonchev–Trinajstić information content (AvgIpc) is 2.38. The molecule has 19 heavy (non-hydrogen) atoms. The highest BCUT2D eigenvalue weighted by atomic mass is 32.2. The Balaban J connectivity index is 2.63. The monoisotopic (exact) mass is 292 g/mol. The number of hydrogen-bond donors (Lipinski definition) is 1. The van der Waals surface area contributed by atoms with E-state index in [0.29, 0.717) is 13.1 Å². The van der Waals surface area contributed by atoms with Crippen LogP contribution in [0.1, 0.15) is 13.8 Å². The van der Waals surface area contributed by atoms with E-state index in [1.165, 1.54) is 18.4 Å². The molecular formula is C11H24N4O3S. The van der Waals surface area contributed by atoms with Gasteiger partial charge in [-0.25, -0.2) is 0 Å². The molecule has 0 aromatic rings. The molecule has 0 bridgehead atoms. The van der Waals surface area contributed by atoms with E-state index in [1.807, 2.05) is 0 Å². The molecule has 1 heterocycles. The quantitative estimate of drug-likeness (QED) is 0.701. The fourth-order valence-electron chi connectivity index (χ4n) is 1.77. The predicted octanol–water partition coefficient (Wildman–Crippen LogP) is -1.06. The number of nitrogens with zero attached hydrogens (tertiary/aromatic N) is 3. The first-order chi connectivity index (χ1) is 8.76. The Labute approximate surface area is 115 Å². The number of carbonyl (C=O) groups is 1. The van der Waals surface area contributed by atoms with Crippen molar-refractivity contribution in [2.24, 2.45) is 0 Å². The van der Waals surface area contributed by atoms with Gasteiger partial charge in [-0.2, -0.15) is 17.0 Å². The van der Waals surface area contributed by atoms with E-state index in [2.05, 4.69) is 5.32 Å². The molecule has 1 aliphatic heterocycles. The molecule has 0 spiro atoms. The molecule has 7 nitrogen and oxygen atoms in total. The summed E-state index contributed by atoms with van der Waals surface area (Å²) >= 11 is 0. The van der Waals surface area contributed by atoms with Gasteiger partial charge >= 0.3 is 0 Å². The number of amides is 1. The zero-order valence-electron chi connectivity index (χ0n) is 12.1. The highest BCUT2D eigenvalue weighted by Crippen LogP contribution is 2.08. The van der Waals surface area contributed by atoms with Gasteiger partial charge in [-0.1, -0.05) is 0 Å². The summed E-state index contributed by atoms with van der Waals surface area (Å²) in [6.07, 6.45) is 0. The number of hydrogen-bond acceptors (Lipinski definition) is 4. The van der Waals surface area contributed by atoms with Gasteiger partial charge in [0.1, 0.15) is 0 Å². The van der Waals surface area contributed by atoms with Gasteiger partial charge in [-0.05, 0) is 13.8 Å². The molecule has 1 fully saturated rings. The maximum Gasteiger partial charge on any atom is 0.282 e. The lowest BCUT2D eigenvalue weighted by Crippen LogP contribution is -2.51.